The average Bonchev–Trinajstić information content (AvgIpc) is 2.35. The third kappa shape index (κ3) is 0.881. The van der Waals surface area contributed by atoms with Crippen molar-refractivity contribution in [2.24, 2.45) is 0 Å². The highest BCUT2D eigenvalue weighted by atomic mass is 127. The normalized spacial score (nSPS) is 16.1. The second-order valence-electron chi connectivity index (χ2n) is 1.86. The fourth-order valence-electron chi connectivity index (χ4n) is 0.885. The maximum atomic E-state index is 4.21. The average molecular weight is 252 g/mol. The fraction of sp³-hybridized carbons (Fsp3) is 0.400. The summed E-state index contributed by atoms with van der Waals surface area (Å²) in [6.45, 7) is 1.14. The molecule has 1 aliphatic heterocycles. The van der Waals surface area contributed by atoms with Gasteiger partial charge in [-0.3, -0.25) is 0 Å². The number of fused-ring (bicyclic) bond motifs is 1. The second kappa shape index (κ2) is 2.16. The first kappa shape index (κ1) is 6.03. The van der Waals surface area contributed by atoms with Crippen LogP contribution in [0, 0.1) is 3.70 Å². The van der Waals surface area contributed by atoms with Crippen LogP contribution in [0.1, 0.15) is 0 Å². The molecule has 0 unspecified atom stereocenters. The smallest absolute Gasteiger partial charge is 0.168 e. The quantitative estimate of drug-likeness (QED) is 0.652. The van der Waals surface area contributed by atoms with Crippen molar-refractivity contribution in [3.63, 3.8) is 0 Å². The lowest BCUT2D eigenvalue weighted by Gasteiger charge is -1.92. The molecule has 0 bridgehead atoms. The van der Waals surface area contributed by atoms with E-state index in [9.17, 15) is 0 Å². The molecule has 48 valence electrons. The molecule has 0 spiro atoms. The van der Waals surface area contributed by atoms with Crippen molar-refractivity contribution in [3.8, 4) is 0 Å². The Labute approximate surface area is 71.2 Å². The van der Waals surface area contributed by atoms with Gasteiger partial charge in [-0.2, -0.15) is 0 Å². The van der Waals surface area contributed by atoms with Crippen molar-refractivity contribution < 1.29 is 0 Å². The van der Waals surface area contributed by atoms with Crippen molar-refractivity contribution in [2.75, 3.05) is 5.75 Å². The van der Waals surface area contributed by atoms with Gasteiger partial charge in [-0.15, -0.1) is 0 Å². The highest BCUT2D eigenvalue weighted by molar-refractivity contribution is 14.1. The molecule has 2 nitrogen and oxygen atoms in total. The first-order valence-electron chi connectivity index (χ1n) is 2.72. The monoisotopic (exact) mass is 252 g/mol. The van der Waals surface area contributed by atoms with Gasteiger partial charge in [0, 0.05) is 12.3 Å². The Hall–Kier alpha value is 0.290. The maximum absolute atomic E-state index is 4.21. The lowest BCUT2D eigenvalue weighted by Crippen LogP contribution is -1.94. The summed E-state index contributed by atoms with van der Waals surface area (Å²) in [6, 6.07) is 0. The van der Waals surface area contributed by atoms with Crippen LogP contribution >= 0.6 is 34.4 Å². The van der Waals surface area contributed by atoms with Gasteiger partial charge in [-0.1, -0.05) is 11.8 Å². The van der Waals surface area contributed by atoms with Gasteiger partial charge < -0.3 is 4.57 Å². The molecule has 0 N–H and O–H groups in total. The van der Waals surface area contributed by atoms with E-state index in [0.29, 0.717) is 0 Å². The molecule has 1 aromatic heterocycles. The van der Waals surface area contributed by atoms with Gasteiger partial charge in [0.25, 0.3) is 0 Å². The second-order valence-corrected chi connectivity index (χ2v) is 4.03. The van der Waals surface area contributed by atoms with E-state index in [4.69, 9.17) is 0 Å². The van der Waals surface area contributed by atoms with Crippen molar-refractivity contribution in [2.45, 2.75) is 11.7 Å². The Kier molecular flexibility index (Phi) is 1.45. The SMILES string of the molecule is Ic1cnc2n1CCS2. The lowest BCUT2D eigenvalue weighted by molar-refractivity contribution is 0.703. The van der Waals surface area contributed by atoms with Crippen LogP contribution in [0.4, 0.5) is 0 Å². The van der Waals surface area contributed by atoms with Crippen LogP contribution in [-0.4, -0.2) is 15.3 Å². The highest BCUT2D eigenvalue weighted by Crippen LogP contribution is 2.25. The van der Waals surface area contributed by atoms with Gasteiger partial charge in [-0.25, -0.2) is 4.98 Å². The molecule has 0 saturated carbocycles. The van der Waals surface area contributed by atoms with Gasteiger partial charge >= 0.3 is 0 Å². The summed E-state index contributed by atoms with van der Waals surface area (Å²) in [4.78, 5) is 4.21. The number of aromatic nitrogens is 2. The van der Waals surface area contributed by atoms with Crippen LogP contribution in [-0.2, 0) is 6.54 Å². The summed E-state index contributed by atoms with van der Waals surface area (Å²) in [5, 5.41) is 1.18. The third-order valence-electron chi connectivity index (χ3n) is 1.32. The zero-order chi connectivity index (χ0) is 6.27. The van der Waals surface area contributed by atoms with E-state index >= 15 is 0 Å². The molecular formula is C5H5IN2S. The Morgan fingerprint density at radius 1 is 1.78 bits per heavy atom. The molecule has 0 aliphatic carbocycles. The van der Waals surface area contributed by atoms with Gasteiger partial charge in [0.05, 0.1) is 6.20 Å². The van der Waals surface area contributed by atoms with Crippen LogP contribution in [0.3, 0.4) is 0 Å². The zero-order valence-corrected chi connectivity index (χ0v) is 7.65. The Balaban J connectivity index is 2.56. The van der Waals surface area contributed by atoms with Gasteiger partial charge in [-0.05, 0) is 22.6 Å². The van der Waals surface area contributed by atoms with E-state index in [1.165, 1.54) is 14.6 Å². The number of nitrogens with zero attached hydrogens (tertiary/aromatic N) is 2. The van der Waals surface area contributed by atoms with Crippen LogP contribution in [0.2, 0.25) is 0 Å². The minimum Gasteiger partial charge on any atom is -0.314 e. The predicted octanol–water partition coefficient (Wildman–Crippen LogP) is 1.59. The van der Waals surface area contributed by atoms with E-state index in [0.717, 1.165) is 6.54 Å². The molecule has 0 saturated heterocycles. The number of hydrogen-bond donors (Lipinski definition) is 0. The summed E-state index contributed by atoms with van der Waals surface area (Å²) in [5.41, 5.74) is 0. The zero-order valence-electron chi connectivity index (χ0n) is 4.67. The molecule has 0 radical (unpaired) electrons. The van der Waals surface area contributed by atoms with Crippen molar-refractivity contribution in [1.82, 2.24) is 9.55 Å². The van der Waals surface area contributed by atoms with E-state index in [1.807, 2.05) is 18.0 Å². The first-order valence-corrected chi connectivity index (χ1v) is 4.78. The Morgan fingerprint density at radius 3 is 3.44 bits per heavy atom. The molecule has 9 heavy (non-hydrogen) atoms. The van der Waals surface area contributed by atoms with E-state index in [2.05, 4.69) is 32.1 Å². The van der Waals surface area contributed by atoms with Gasteiger partial charge in [0.1, 0.15) is 3.70 Å². The minimum atomic E-state index is 1.14. The molecule has 0 atom stereocenters. The van der Waals surface area contributed by atoms with Crippen molar-refractivity contribution in [3.05, 3.63) is 9.90 Å². The summed E-state index contributed by atoms with van der Waals surface area (Å²) in [6.07, 6.45) is 1.92. The van der Waals surface area contributed by atoms with Crippen LogP contribution in [0.5, 0.6) is 0 Å². The summed E-state index contributed by atoms with van der Waals surface area (Å²) < 4.78 is 3.50. The topological polar surface area (TPSA) is 17.8 Å². The number of hydrogen-bond acceptors (Lipinski definition) is 2. The molecule has 4 heteroatoms. The predicted molar refractivity (Wildman–Crippen MR) is 45.7 cm³/mol. The highest BCUT2D eigenvalue weighted by Gasteiger charge is 2.13. The molecule has 1 aliphatic rings. The van der Waals surface area contributed by atoms with Crippen molar-refractivity contribution >= 4 is 34.4 Å². The maximum Gasteiger partial charge on any atom is 0.168 e. The standard InChI is InChI=1S/C5H5IN2S/c6-4-3-7-5-8(4)1-2-9-5/h3H,1-2H2. The van der Waals surface area contributed by atoms with Crippen molar-refractivity contribution in [1.29, 1.82) is 0 Å². The Morgan fingerprint density at radius 2 is 2.67 bits per heavy atom. The molecule has 0 fully saturated rings. The Bertz CT molecular complexity index is 233. The lowest BCUT2D eigenvalue weighted by atomic mass is 10.7. The third-order valence-corrected chi connectivity index (χ3v) is 3.15. The van der Waals surface area contributed by atoms with Crippen LogP contribution in [0.15, 0.2) is 11.4 Å². The molecule has 2 heterocycles. The van der Waals surface area contributed by atoms with E-state index in [-0.39, 0.29) is 0 Å². The van der Waals surface area contributed by atoms with E-state index < -0.39 is 0 Å². The molecule has 0 aromatic carbocycles. The minimum absolute atomic E-state index is 1.14. The fourth-order valence-corrected chi connectivity index (χ4v) is 2.59. The van der Waals surface area contributed by atoms with Crippen LogP contribution in [0.25, 0.3) is 0 Å². The van der Waals surface area contributed by atoms with Gasteiger partial charge in [0.2, 0.25) is 0 Å². The summed E-state index contributed by atoms with van der Waals surface area (Å²) >= 11 is 4.14. The van der Waals surface area contributed by atoms with Crippen LogP contribution < -0.4 is 0 Å². The van der Waals surface area contributed by atoms with Gasteiger partial charge in [0.15, 0.2) is 5.16 Å². The number of imidazole rings is 1. The van der Waals surface area contributed by atoms with E-state index in [1.54, 1.807) is 0 Å². The molecule has 1 aromatic rings. The molecule has 2 rings (SSSR count). The number of rotatable bonds is 0. The molecular weight excluding hydrogens is 247 g/mol. The summed E-state index contributed by atoms with van der Waals surface area (Å²) in [5.74, 6) is 1.19. The summed E-state index contributed by atoms with van der Waals surface area (Å²) in [7, 11) is 0. The largest absolute Gasteiger partial charge is 0.314 e. The first-order chi connectivity index (χ1) is 4.38. The number of halogens is 1. The molecule has 0 amide bonds. The number of thioether (sulfide) groups is 1.